The Bertz CT molecular complexity index is 1850. The SMILES string of the molecule is COc1nc(-c2cccc(-c3cccc(-c4cnc(CN5CCC(C6CCCO6)C5)c(OC)n4)c3Cl)c2Cl)cnc1CCC[C@@H]1CCC(=O)N1. The quantitative estimate of drug-likeness (QED) is 0.163. The van der Waals surface area contributed by atoms with E-state index in [1.807, 2.05) is 36.4 Å². The predicted molar refractivity (Wildman–Crippen MR) is 194 cm³/mol. The Morgan fingerprint density at radius 1 is 0.880 bits per heavy atom. The predicted octanol–water partition coefficient (Wildman–Crippen LogP) is 7.19. The largest absolute Gasteiger partial charge is 0.480 e. The average molecular weight is 718 g/mol. The number of nitrogens with one attached hydrogen (secondary N) is 1. The summed E-state index contributed by atoms with van der Waals surface area (Å²) in [4.78, 5) is 33.1. The minimum atomic E-state index is 0.128. The number of benzene rings is 2. The van der Waals surface area contributed by atoms with Gasteiger partial charge in [-0.15, -0.1) is 0 Å². The molecular weight excluding hydrogens is 675 g/mol. The van der Waals surface area contributed by atoms with Gasteiger partial charge >= 0.3 is 0 Å². The average Bonchev–Trinajstić information content (AvgIpc) is 3.92. The molecule has 5 heterocycles. The highest BCUT2D eigenvalue weighted by molar-refractivity contribution is 6.39. The van der Waals surface area contributed by atoms with E-state index < -0.39 is 0 Å². The Labute approximate surface area is 302 Å². The fourth-order valence-electron chi connectivity index (χ4n) is 7.44. The van der Waals surface area contributed by atoms with Crippen molar-refractivity contribution in [1.82, 2.24) is 30.2 Å². The van der Waals surface area contributed by atoms with Gasteiger partial charge in [-0.3, -0.25) is 19.7 Å². The van der Waals surface area contributed by atoms with Crippen molar-refractivity contribution in [3.63, 3.8) is 0 Å². The molecule has 2 aromatic carbocycles. The second kappa shape index (κ2) is 15.6. The summed E-state index contributed by atoms with van der Waals surface area (Å²) < 4.78 is 17.3. The van der Waals surface area contributed by atoms with E-state index >= 15 is 0 Å². The van der Waals surface area contributed by atoms with Crippen LogP contribution in [0.2, 0.25) is 10.0 Å². The lowest BCUT2D eigenvalue weighted by Crippen LogP contribution is -2.25. The first-order valence-corrected chi connectivity index (χ1v) is 18.2. The summed E-state index contributed by atoms with van der Waals surface area (Å²) in [6.07, 6.45) is 11.3. The van der Waals surface area contributed by atoms with Gasteiger partial charge < -0.3 is 19.5 Å². The van der Waals surface area contributed by atoms with Crippen LogP contribution < -0.4 is 14.8 Å². The van der Waals surface area contributed by atoms with E-state index in [0.29, 0.717) is 70.2 Å². The van der Waals surface area contributed by atoms with Gasteiger partial charge in [0.25, 0.3) is 0 Å². The molecule has 1 amide bonds. The lowest BCUT2D eigenvalue weighted by Gasteiger charge is -2.20. The number of amides is 1. The fraction of sp³-hybridized carbons (Fsp3) is 0.447. The third-order valence-corrected chi connectivity index (χ3v) is 10.9. The van der Waals surface area contributed by atoms with Crippen molar-refractivity contribution in [2.75, 3.05) is 33.9 Å². The van der Waals surface area contributed by atoms with Gasteiger partial charge in [0.1, 0.15) is 11.4 Å². The fourth-order valence-corrected chi connectivity index (χ4v) is 8.09. The second-order valence-electron chi connectivity index (χ2n) is 13.3. The number of halogens is 2. The molecule has 3 aliphatic rings. The van der Waals surface area contributed by atoms with Gasteiger partial charge in [0, 0.05) is 54.4 Å². The highest BCUT2D eigenvalue weighted by Gasteiger charge is 2.33. The molecule has 3 saturated heterocycles. The number of aryl methyl sites for hydroxylation is 1. The monoisotopic (exact) mass is 716 g/mol. The first-order valence-electron chi connectivity index (χ1n) is 17.4. The zero-order valence-corrected chi connectivity index (χ0v) is 30.0. The van der Waals surface area contributed by atoms with E-state index in [-0.39, 0.29) is 11.9 Å². The van der Waals surface area contributed by atoms with Crippen molar-refractivity contribution in [2.45, 2.75) is 70.1 Å². The van der Waals surface area contributed by atoms with Gasteiger partial charge in [0.15, 0.2) is 0 Å². The highest BCUT2D eigenvalue weighted by Crippen LogP contribution is 2.42. The summed E-state index contributed by atoms with van der Waals surface area (Å²) in [7, 11) is 3.22. The maximum absolute atomic E-state index is 11.5. The number of hydrogen-bond donors (Lipinski definition) is 1. The minimum absolute atomic E-state index is 0.128. The smallest absolute Gasteiger partial charge is 0.237 e. The molecule has 3 fully saturated rings. The molecule has 2 aromatic heterocycles. The molecule has 3 atom stereocenters. The van der Waals surface area contributed by atoms with Crippen LogP contribution in [0, 0.1) is 5.92 Å². The molecule has 3 aliphatic heterocycles. The summed E-state index contributed by atoms with van der Waals surface area (Å²) in [5.74, 6) is 1.65. The van der Waals surface area contributed by atoms with Gasteiger partial charge in [0.05, 0.1) is 54.2 Å². The van der Waals surface area contributed by atoms with Crippen molar-refractivity contribution >= 4 is 29.1 Å². The number of hydrogen-bond acceptors (Lipinski definition) is 9. The van der Waals surface area contributed by atoms with E-state index in [1.165, 1.54) is 0 Å². The van der Waals surface area contributed by atoms with Crippen LogP contribution in [0.25, 0.3) is 33.6 Å². The highest BCUT2D eigenvalue weighted by atomic mass is 35.5. The van der Waals surface area contributed by atoms with Crippen LogP contribution in [0.1, 0.15) is 56.3 Å². The molecule has 0 aliphatic carbocycles. The number of carbonyl (C=O) groups is 1. The first kappa shape index (κ1) is 34.6. The van der Waals surface area contributed by atoms with Crippen LogP contribution in [0.3, 0.4) is 0 Å². The number of nitrogens with zero attached hydrogens (tertiary/aromatic N) is 5. The van der Waals surface area contributed by atoms with Gasteiger partial charge in [-0.1, -0.05) is 59.6 Å². The minimum Gasteiger partial charge on any atom is -0.480 e. The second-order valence-corrected chi connectivity index (χ2v) is 14.0. The van der Waals surface area contributed by atoms with E-state index in [1.54, 1.807) is 26.6 Å². The third kappa shape index (κ3) is 7.44. The normalized spacial score (nSPS) is 20.7. The summed E-state index contributed by atoms with van der Waals surface area (Å²) >= 11 is 14.2. The number of methoxy groups -OCH3 is 2. The van der Waals surface area contributed by atoms with Crippen LogP contribution >= 0.6 is 23.2 Å². The molecule has 10 nitrogen and oxygen atoms in total. The number of likely N-dealkylation sites (tertiary alicyclic amines) is 1. The number of carbonyl (C=O) groups excluding carboxylic acids is 1. The Morgan fingerprint density at radius 2 is 1.52 bits per heavy atom. The Hall–Kier alpha value is -3.83. The summed E-state index contributed by atoms with van der Waals surface area (Å²) in [5.41, 5.74) is 5.74. The molecule has 1 N–H and O–H groups in total. The van der Waals surface area contributed by atoms with E-state index in [0.717, 1.165) is 86.3 Å². The molecule has 50 heavy (non-hydrogen) atoms. The Morgan fingerprint density at radius 3 is 2.12 bits per heavy atom. The third-order valence-electron chi connectivity index (χ3n) is 10.1. The lowest BCUT2D eigenvalue weighted by atomic mass is 9.98. The zero-order valence-electron chi connectivity index (χ0n) is 28.5. The molecule has 0 saturated carbocycles. The molecule has 262 valence electrons. The van der Waals surface area contributed by atoms with Gasteiger partial charge in [-0.2, -0.15) is 0 Å². The number of aromatic nitrogens is 4. The molecule has 0 spiro atoms. The number of rotatable bonds is 12. The Kier molecular flexibility index (Phi) is 10.8. The van der Waals surface area contributed by atoms with Crippen molar-refractivity contribution in [3.8, 4) is 45.4 Å². The molecule has 2 unspecified atom stereocenters. The van der Waals surface area contributed by atoms with Crippen molar-refractivity contribution in [1.29, 1.82) is 0 Å². The Balaban J connectivity index is 1.09. The van der Waals surface area contributed by atoms with Crippen LogP contribution in [0.5, 0.6) is 11.8 Å². The maximum atomic E-state index is 11.5. The van der Waals surface area contributed by atoms with Crippen molar-refractivity contribution in [2.24, 2.45) is 5.92 Å². The number of ether oxygens (including phenoxy) is 3. The van der Waals surface area contributed by atoms with Crippen LogP contribution in [-0.4, -0.2) is 76.8 Å². The molecule has 12 heteroatoms. The summed E-state index contributed by atoms with van der Waals surface area (Å²) in [5, 5.41) is 4.03. The first-order chi connectivity index (χ1) is 24.4. The van der Waals surface area contributed by atoms with E-state index in [2.05, 4.69) is 10.2 Å². The lowest BCUT2D eigenvalue weighted by molar-refractivity contribution is -0.119. The molecular formula is C38H42Cl2N6O4. The van der Waals surface area contributed by atoms with Gasteiger partial charge in [-0.05, 0) is 57.4 Å². The summed E-state index contributed by atoms with van der Waals surface area (Å²) in [6, 6.07) is 11.8. The molecule has 0 radical (unpaired) electrons. The van der Waals surface area contributed by atoms with Crippen molar-refractivity contribution < 1.29 is 19.0 Å². The zero-order chi connectivity index (χ0) is 34.6. The summed E-state index contributed by atoms with van der Waals surface area (Å²) in [6.45, 7) is 3.56. The van der Waals surface area contributed by atoms with Gasteiger partial charge in [-0.25, -0.2) is 9.97 Å². The standard InChI is InChI=1S/C38H42Cl2N6O4/c1-48-37-29(12-3-7-24-14-15-34(47)43-24)41-19-30(44-37)27-10-4-8-25(35(27)39)26-9-5-11-28(36(26)40)31-20-42-32(38(45-31)49-2)22-46-17-16-23(21-46)33-13-6-18-50-33/h4-5,8-11,19-20,23-24,33H,3,6-7,12-18,21-22H2,1-2H3,(H,43,47)/t23?,24-,33?/m1/s1. The molecule has 0 bridgehead atoms. The topological polar surface area (TPSA) is 112 Å². The van der Waals surface area contributed by atoms with Crippen LogP contribution in [-0.2, 0) is 22.5 Å². The van der Waals surface area contributed by atoms with Gasteiger partial charge in [0.2, 0.25) is 17.7 Å². The van der Waals surface area contributed by atoms with Crippen LogP contribution in [0.4, 0.5) is 0 Å². The maximum Gasteiger partial charge on any atom is 0.237 e. The van der Waals surface area contributed by atoms with Crippen molar-refractivity contribution in [3.05, 3.63) is 70.2 Å². The molecule has 4 aromatic rings. The van der Waals surface area contributed by atoms with E-state index in [4.69, 9.17) is 57.3 Å². The van der Waals surface area contributed by atoms with Crippen LogP contribution in [0.15, 0.2) is 48.8 Å². The molecule has 7 rings (SSSR count). The van der Waals surface area contributed by atoms with E-state index in [9.17, 15) is 4.79 Å².